The number of nitrogens with one attached hydrogen (secondary N) is 1. The highest BCUT2D eigenvalue weighted by Crippen LogP contribution is 2.50. The summed E-state index contributed by atoms with van der Waals surface area (Å²) in [7, 11) is -2.58. The Labute approximate surface area is 270 Å². The Balaban J connectivity index is 1.44. The number of ketones is 1. The molecule has 6 rings (SSSR count). The van der Waals surface area contributed by atoms with Crippen LogP contribution in [0.4, 0.5) is 5.82 Å². The largest absolute Gasteiger partial charge is 0.489 e. The number of anilines is 1. The monoisotopic (exact) mass is 655 g/mol. The number of carbonyl (C=O) groups excluding carboxylic acids is 2. The molecular formula is C34H42ClN3O6S. The van der Waals surface area contributed by atoms with Crippen molar-refractivity contribution in [2.24, 2.45) is 17.3 Å². The summed E-state index contributed by atoms with van der Waals surface area (Å²) < 4.78 is 41.1. The number of methoxy groups -OCH3 is 1. The summed E-state index contributed by atoms with van der Waals surface area (Å²) in [6.45, 7) is 5.74. The fourth-order valence-corrected chi connectivity index (χ4v) is 9.72. The van der Waals surface area contributed by atoms with Crippen LogP contribution in [0.5, 0.6) is 5.75 Å². The molecule has 9 nitrogen and oxygen atoms in total. The summed E-state index contributed by atoms with van der Waals surface area (Å²) in [5, 5.41) is -0.195. The maximum atomic E-state index is 13.6. The van der Waals surface area contributed by atoms with Crippen LogP contribution in [0.3, 0.4) is 0 Å². The van der Waals surface area contributed by atoms with Gasteiger partial charge in [0.25, 0.3) is 5.91 Å². The number of hydrogen-bond acceptors (Lipinski definition) is 8. The number of nitrogens with zero attached hydrogens (tertiary/aromatic N) is 2. The molecule has 1 saturated carbocycles. The average molecular weight is 656 g/mol. The molecule has 1 spiro atoms. The van der Waals surface area contributed by atoms with Gasteiger partial charge in [-0.1, -0.05) is 37.6 Å². The number of carbonyl (C=O) groups is 2. The summed E-state index contributed by atoms with van der Waals surface area (Å²) in [6.07, 6.45) is 8.49. The molecule has 1 aromatic carbocycles. The predicted octanol–water partition coefficient (Wildman–Crippen LogP) is 5.25. The lowest BCUT2D eigenvalue weighted by atomic mass is 9.59. The van der Waals surface area contributed by atoms with Crippen molar-refractivity contribution < 1.29 is 27.5 Å². The number of fused-ring (bicyclic) bond motifs is 4. The number of pyridine rings is 1. The van der Waals surface area contributed by atoms with Gasteiger partial charge in [-0.2, -0.15) is 0 Å². The van der Waals surface area contributed by atoms with E-state index < -0.39 is 21.2 Å². The van der Waals surface area contributed by atoms with Gasteiger partial charge in [0.1, 0.15) is 5.69 Å². The van der Waals surface area contributed by atoms with E-state index in [0.717, 1.165) is 32.1 Å². The fourth-order valence-electron chi connectivity index (χ4n) is 7.88. The summed E-state index contributed by atoms with van der Waals surface area (Å²) in [6, 6.07) is 9.30. The lowest BCUT2D eigenvalue weighted by Gasteiger charge is -2.50. The third kappa shape index (κ3) is 6.13. The first kappa shape index (κ1) is 32.0. The van der Waals surface area contributed by atoms with Gasteiger partial charge in [-0.3, -0.25) is 9.59 Å². The van der Waals surface area contributed by atoms with Gasteiger partial charge >= 0.3 is 0 Å². The molecule has 3 heterocycles. The molecule has 2 aliphatic carbocycles. The Hall–Kier alpha value is -2.95. The summed E-state index contributed by atoms with van der Waals surface area (Å²) in [5.74, 6) is -0.224. The number of ether oxygens (including phenoxy) is 2. The Morgan fingerprint density at radius 3 is 2.76 bits per heavy atom. The zero-order valence-electron chi connectivity index (χ0n) is 26.2. The van der Waals surface area contributed by atoms with E-state index in [1.165, 1.54) is 24.3 Å². The zero-order valence-corrected chi connectivity index (χ0v) is 27.8. The number of halogens is 1. The average Bonchev–Trinajstić information content (AvgIpc) is 3.12. The molecule has 45 heavy (non-hydrogen) atoms. The van der Waals surface area contributed by atoms with Gasteiger partial charge in [-0.05, 0) is 97.7 Å². The van der Waals surface area contributed by atoms with Crippen LogP contribution < -0.4 is 14.4 Å². The van der Waals surface area contributed by atoms with Gasteiger partial charge in [0.15, 0.2) is 17.4 Å². The van der Waals surface area contributed by atoms with E-state index in [9.17, 15) is 18.0 Å². The lowest BCUT2D eigenvalue weighted by Crippen LogP contribution is -2.53. The molecule has 1 fully saturated rings. The first-order valence-electron chi connectivity index (χ1n) is 15.9. The molecule has 1 N–H and O–H groups in total. The molecule has 1 unspecified atom stereocenters. The van der Waals surface area contributed by atoms with Crippen LogP contribution in [0.2, 0.25) is 5.02 Å². The third-order valence-corrected chi connectivity index (χ3v) is 12.7. The van der Waals surface area contributed by atoms with Crippen molar-refractivity contribution in [3.05, 3.63) is 64.3 Å². The normalized spacial score (nSPS) is 31.9. The SMILES string of the molecule is COCC[C@@H]1[C@@H](C)C/C=C/C(=O)[C@@H]2CCC2(C)CN2C[C@@]3(CCCc4cc(Cl)ccc43)COc3ccc(nc32)C(=O)NS1(=O)=O. The minimum absolute atomic E-state index is 0.00535. The van der Waals surface area contributed by atoms with E-state index in [2.05, 4.69) is 22.6 Å². The highest BCUT2D eigenvalue weighted by atomic mass is 35.5. The van der Waals surface area contributed by atoms with Gasteiger partial charge in [-0.15, -0.1) is 0 Å². The van der Waals surface area contributed by atoms with Gasteiger partial charge in [0.2, 0.25) is 10.0 Å². The number of rotatable bonds is 3. The number of aromatic nitrogens is 1. The van der Waals surface area contributed by atoms with Crippen LogP contribution in [-0.4, -0.2) is 63.8 Å². The minimum Gasteiger partial charge on any atom is -0.489 e. The maximum absolute atomic E-state index is 13.6. The highest BCUT2D eigenvalue weighted by Gasteiger charge is 2.50. The Bertz CT molecular complexity index is 1630. The van der Waals surface area contributed by atoms with Crippen molar-refractivity contribution >= 4 is 39.1 Å². The highest BCUT2D eigenvalue weighted by molar-refractivity contribution is 7.90. The molecule has 2 aliphatic heterocycles. The first-order chi connectivity index (χ1) is 21.4. The second-order valence-electron chi connectivity index (χ2n) is 13.7. The number of hydrogen-bond donors (Lipinski definition) is 1. The molecule has 2 aromatic rings. The summed E-state index contributed by atoms with van der Waals surface area (Å²) in [4.78, 5) is 34.1. The predicted molar refractivity (Wildman–Crippen MR) is 173 cm³/mol. The smallest absolute Gasteiger partial charge is 0.283 e. The standard InChI is InChI=1S/C34H42ClN3O6S/c1-22-6-4-8-28(39)26-13-16-33(26,2)19-38-20-34(15-5-7-23-18-24(35)9-10-25(23)34)21-44-29-12-11-27(36-31(29)38)32(40)37-45(41,42)30(22)14-17-43-3/h4,8-12,18,22,26,30H,5-7,13-17,19-21H2,1-3H3,(H,37,40)/b8-4+/t22-,26-,30+,33?,34-/m0/s1. The van der Waals surface area contributed by atoms with E-state index in [4.69, 9.17) is 26.1 Å². The van der Waals surface area contributed by atoms with Crippen LogP contribution in [0.25, 0.3) is 0 Å². The van der Waals surface area contributed by atoms with Gasteiger partial charge < -0.3 is 14.4 Å². The second kappa shape index (κ2) is 12.3. The minimum atomic E-state index is -4.10. The van der Waals surface area contributed by atoms with E-state index in [1.807, 2.05) is 19.1 Å². The topological polar surface area (TPSA) is 115 Å². The third-order valence-electron chi connectivity index (χ3n) is 10.5. The van der Waals surface area contributed by atoms with Crippen molar-refractivity contribution in [1.29, 1.82) is 0 Å². The van der Waals surface area contributed by atoms with Gasteiger partial charge in [-0.25, -0.2) is 18.1 Å². The van der Waals surface area contributed by atoms with E-state index in [-0.39, 0.29) is 47.2 Å². The number of allylic oxidation sites excluding steroid dienone is 2. The molecule has 2 bridgehead atoms. The summed E-state index contributed by atoms with van der Waals surface area (Å²) >= 11 is 6.40. The quantitative estimate of drug-likeness (QED) is 0.477. The molecule has 1 aromatic heterocycles. The number of sulfonamides is 1. The number of amides is 1. The van der Waals surface area contributed by atoms with E-state index in [1.54, 1.807) is 18.2 Å². The fraction of sp³-hybridized carbons (Fsp3) is 0.559. The maximum Gasteiger partial charge on any atom is 0.283 e. The first-order valence-corrected chi connectivity index (χ1v) is 17.8. The van der Waals surface area contributed by atoms with Gasteiger partial charge in [0, 0.05) is 43.2 Å². The molecule has 11 heteroatoms. The molecule has 1 amide bonds. The van der Waals surface area contributed by atoms with Crippen molar-refractivity contribution in [1.82, 2.24) is 9.71 Å². The van der Waals surface area contributed by atoms with E-state index in [0.29, 0.717) is 42.7 Å². The number of benzene rings is 1. The number of aryl methyl sites for hydroxylation is 1. The molecule has 5 atom stereocenters. The van der Waals surface area contributed by atoms with Crippen LogP contribution >= 0.6 is 11.6 Å². The Kier molecular flexibility index (Phi) is 8.78. The zero-order chi connectivity index (χ0) is 32.0. The molecular weight excluding hydrogens is 614 g/mol. The van der Waals surface area contributed by atoms with Crippen molar-refractivity contribution in [2.75, 3.05) is 38.3 Å². The van der Waals surface area contributed by atoms with E-state index >= 15 is 0 Å². The van der Waals surface area contributed by atoms with Crippen LogP contribution in [-0.2, 0) is 31.4 Å². The summed E-state index contributed by atoms with van der Waals surface area (Å²) in [5.41, 5.74) is 1.74. The molecule has 242 valence electrons. The van der Waals surface area contributed by atoms with Gasteiger partial charge in [0.05, 0.1) is 11.9 Å². The van der Waals surface area contributed by atoms with Crippen LogP contribution in [0, 0.1) is 17.3 Å². The lowest BCUT2D eigenvalue weighted by molar-refractivity contribution is -0.127. The molecule has 0 saturated heterocycles. The Morgan fingerprint density at radius 1 is 1.18 bits per heavy atom. The molecule has 4 aliphatic rings. The van der Waals surface area contributed by atoms with Crippen molar-refractivity contribution in [3.63, 3.8) is 0 Å². The van der Waals surface area contributed by atoms with Crippen LogP contribution in [0.15, 0.2) is 42.5 Å². The van der Waals surface area contributed by atoms with Crippen molar-refractivity contribution in [2.45, 2.75) is 69.5 Å². The second-order valence-corrected chi connectivity index (χ2v) is 16.0. The van der Waals surface area contributed by atoms with Crippen LogP contribution in [0.1, 0.15) is 74.0 Å². The molecule has 0 radical (unpaired) electrons. The van der Waals surface area contributed by atoms with Crippen molar-refractivity contribution in [3.8, 4) is 5.75 Å². The Morgan fingerprint density at radius 2 is 2.00 bits per heavy atom.